The third kappa shape index (κ3) is 8.36. The van der Waals surface area contributed by atoms with E-state index in [9.17, 15) is 0 Å². The average Bonchev–Trinajstić information content (AvgIpc) is 2.65. The molecule has 0 spiro atoms. The molecule has 0 amide bonds. The molecule has 0 radical (unpaired) electrons. The molecule has 0 aliphatic carbocycles. The number of rotatable bonds is 11. The highest BCUT2D eigenvalue weighted by atomic mass is 16.5. The van der Waals surface area contributed by atoms with Gasteiger partial charge in [0, 0.05) is 11.1 Å². The van der Waals surface area contributed by atoms with E-state index in [2.05, 4.69) is 86.6 Å². The molecule has 0 N–H and O–H groups in total. The van der Waals surface area contributed by atoms with Crippen LogP contribution in [0, 0.1) is 17.3 Å². The quantitative estimate of drug-likeness (QED) is 0.357. The molecule has 174 valence electrons. The molecule has 0 heterocycles. The first-order valence-corrected chi connectivity index (χ1v) is 11.5. The van der Waals surface area contributed by atoms with Gasteiger partial charge in [-0.1, -0.05) is 101 Å². The normalized spacial score (nSPS) is 13.4. The largest absolute Gasteiger partial charge is 0.496 e. The number of allylic oxidation sites excluding steroid dienone is 1. The fourth-order valence-electron chi connectivity index (χ4n) is 3.26. The zero-order valence-corrected chi connectivity index (χ0v) is 20.8. The summed E-state index contributed by atoms with van der Waals surface area (Å²) >= 11 is 0. The topological polar surface area (TPSA) is 18.5 Å². The Morgan fingerprint density at radius 2 is 1.63 bits per heavy atom. The van der Waals surface area contributed by atoms with Gasteiger partial charge in [-0.3, -0.25) is 0 Å². The van der Waals surface area contributed by atoms with Crippen LogP contribution in [0.4, 0.5) is 0 Å². The lowest BCUT2D eigenvalue weighted by molar-refractivity contribution is 0.224. The Hall–Kier alpha value is -1.44. The molecule has 0 aliphatic heterocycles. The average molecular weight is 419 g/mol. The summed E-state index contributed by atoms with van der Waals surface area (Å²) in [4.78, 5) is 0. The fourth-order valence-corrected chi connectivity index (χ4v) is 3.26. The summed E-state index contributed by atoms with van der Waals surface area (Å²) in [5.41, 5.74) is 2.44. The zero-order chi connectivity index (χ0) is 22.2. The lowest BCUT2D eigenvalue weighted by atomic mass is 9.74. The summed E-state index contributed by atoms with van der Waals surface area (Å²) < 4.78 is 12.3. The van der Waals surface area contributed by atoms with Crippen molar-refractivity contribution in [1.29, 1.82) is 0 Å². The summed E-state index contributed by atoms with van der Waals surface area (Å²) in [6.07, 6.45) is 9.32. The predicted octanol–water partition coefficient (Wildman–Crippen LogP) is 8.92. The summed E-state index contributed by atoms with van der Waals surface area (Å²) in [6, 6.07) is 4.39. The van der Waals surface area contributed by atoms with E-state index in [1.54, 1.807) is 7.11 Å². The third-order valence-corrected chi connectivity index (χ3v) is 6.25. The van der Waals surface area contributed by atoms with Gasteiger partial charge in [-0.15, -0.1) is 0 Å². The highest BCUT2D eigenvalue weighted by molar-refractivity contribution is 5.63. The Bertz CT molecular complexity index is 647. The van der Waals surface area contributed by atoms with Gasteiger partial charge >= 0.3 is 0 Å². The van der Waals surface area contributed by atoms with Crippen molar-refractivity contribution in [2.45, 2.75) is 101 Å². The predicted molar refractivity (Wildman–Crippen MR) is 135 cm³/mol. The van der Waals surface area contributed by atoms with E-state index in [1.165, 1.54) is 24.8 Å². The van der Waals surface area contributed by atoms with Crippen molar-refractivity contribution < 1.29 is 9.47 Å². The second-order valence-electron chi connectivity index (χ2n) is 10.4. The Labute approximate surface area is 188 Å². The van der Waals surface area contributed by atoms with Gasteiger partial charge in [0.15, 0.2) is 0 Å². The second kappa shape index (κ2) is 12.4. The van der Waals surface area contributed by atoms with Gasteiger partial charge in [0.1, 0.15) is 11.5 Å². The smallest absolute Gasteiger partial charge is 0.126 e. The van der Waals surface area contributed by atoms with Crippen molar-refractivity contribution in [3.63, 3.8) is 0 Å². The molecule has 0 aromatic heterocycles. The van der Waals surface area contributed by atoms with Crippen LogP contribution in [0.15, 0.2) is 18.2 Å². The van der Waals surface area contributed by atoms with Gasteiger partial charge in [0.05, 0.1) is 13.7 Å². The standard InChI is InChI=1S/C27H46O2.CH4/c1-11-13-14-21(12-2)19-29-25-17-22(15-16-26(5,6)7)24(28-10)18-23(25)27(8,9)20(3)4;/h15-18,20-21H,11-14,19H2,1-10H3;1H4/b16-15+;. The van der Waals surface area contributed by atoms with Crippen molar-refractivity contribution in [3.8, 4) is 11.5 Å². The van der Waals surface area contributed by atoms with Gasteiger partial charge in [0.25, 0.3) is 0 Å². The highest BCUT2D eigenvalue weighted by Gasteiger charge is 2.30. The van der Waals surface area contributed by atoms with Crippen LogP contribution in [-0.2, 0) is 5.41 Å². The van der Waals surface area contributed by atoms with E-state index in [0.717, 1.165) is 30.1 Å². The van der Waals surface area contributed by atoms with Gasteiger partial charge in [0.2, 0.25) is 0 Å². The number of methoxy groups -OCH3 is 1. The molecule has 2 nitrogen and oxygen atoms in total. The molecule has 0 fully saturated rings. The first-order chi connectivity index (χ1) is 13.5. The van der Waals surface area contributed by atoms with Gasteiger partial charge in [-0.05, 0) is 41.2 Å². The zero-order valence-electron chi connectivity index (χ0n) is 20.8. The molecule has 0 bridgehead atoms. The minimum atomic E-state index is 0. The van der Waals surface area contributed by atoms with Crippen LogP contribution in [0.5, 0.6) is 11.5 Å². The highest BCUT2D eigenvalue weighted by Crippen LogP contribution is 2.42. The number of hydrogen-bond donors (Lipinski definition) is 0. The van der Waals surface area contributed by atoms with E-state index in [-0.39, 0.29) is 18.3 Å². The maximum absolute atomic E-state index is 6.51. The maximum Gasteiger partial charge on any atom is 0.126 e. The lowest BCUT2D eigenvalue weighted by Crippen LogP contribution is -2.26. The van der Waals surface area contributed by atoms with Crippen LogP contribution in [-0.4, -0.2) is 13.7 Å². The molecule has 1 aromatic rings. The minimum absolute atomic E-state index is 0. The van der Waals surface area contributed by atoms with E-state index >= 15 is 0 Å². The van der Waals surface area contributed by atoms with Crippen LogP contribution < -0.4 is 9.47 Å². The molecular formula is C28H50O2. The fraction of sp³-hybridized carbons (Fsp3) is 0.714. The Morgan fingerprint density at radius 1 is 1.00 bits per heavy atom. The lowest BCUT2D eigenvalue weighted by Gasteiger charge is -2.33. The molecule has 1 rings (SSSR count). The number of ether oxygens (including phenoxy) is 2. The maximum atomic E-state index is 6.51. The molecule has 1 aromatic carbocycles. The molecule has 1 unspecified atom stereocenters. The van der Waals surface area contributed by atoms with Crippen LogP contribution in [0.2, 0.25) is 0 Å². The number of benzene rings is 1. The molecular weight excluding hydrogens is 368 g/mol. The number of hydrogen-bond acceptors (Lipinski definition) is 2. The van der Waals surface area contributed by atoms with Crippen molar-refractivity contribution in [2.75, 3.05) is 13.7 Å². The summed E-state index contributed by atoms with van der Waals surface area (Å²) in [5.74, 6) is 3.03. The summed E-state index contributed by atoms with van der Waals surface area (Å²) in [6.45, 7) is 21.1. The van der Waals surface area contributed by atoms with Crippen LogP contribution in [0.25, 0.3) is 6.08 Å². The van der Waals surface area contributed by atoms with Crippen molar-refractivity contribution in [2.24, 2.45) is 17.3 Å². The SMILES string of the molecule is C.CCCCC(CC)COc1cc(/C=C/C(C)(C)C)c(OC)cc1C(C)(C)C(C)C. The van der Waals surface area contributed by atoms with E-state index in [4.69, 9.17) is 9.47 Å². The molecule has 0 saturated carbocycles. The second-order valence-corrected chi connectivity index (χ2v) is 10.4. The van der Waals surface area contributed by atoms with E-state index in [1.807, 2.05) is 0 Å². The van der Waals surface area contributed by atoms with Crippen molar-refractivity contribution in [3.05, 3.63) is 29.3 Å². The Balaban J connectivity index is 0.00000841. The molecule has 0 saturated heterocycles. The number of unbranched alkanes of at least 4 members (excludes halogenated alkanes) is 1. The van der Waals surface area contributed by atoms with Crippen LogP contribution in [0.3, 0.4) is 0 Å². The molecule has 2 heteroatoms. The molecule has 30 heavy (non-hydrogen) atoms. The monoisotopic (exact) mass is 418 g/mol. The summed E-state index contributed by atoms with van der Waals surface area (Å²) in [7, 11) is 1.76. The van der Waals surface area contributed by atoms with Gasteiger partial charge in [-0.2, -0.15) is 0 Å². The van der Waals surface area contributed by atoms with E-state index in [0.29, 0.717) is 11.8 Å². The van der Waals surface area contributed by atoms with Crippen molar-refractivity contribution >= 4 is 6.08 Å². The summed E-state index contributed by atoms with van der Waals surface area (Å²) in [5, 5.41) is 0. The van der Waals surface area contributed by atoms with E-state index < -0.39 is 0 Å². The van der Waals surface area contributed by atoms with Crippen molar-refractivity contribution in [1.82, 2.24) is 0 Å². The van der Waals surface area contributed by atoms with Gasteiger partial charge < -0.3 is 9.47 Å². The Kier molecular flexibility index (Phi) is 11.8. The molecule has 1 atom stereocenters. The first kappa shape index (κ1) is 28.6. The van der Waals surface area contributed by atoms with Gasteiger partial charge in [-0.25, -0.2) is 0 Å². The minimum Gasteiger partial charge on any atom is -0.496 e. The third-order valence-electron chi connectivity index (χ3n) is 6.25. The van der Waals surface area contributed by atoms with Crippen LogP contribution >= 0.6 is 0 Å². The van der Waals surface area contributed by atoms with Crippen LogP contribution in [0.1, 0.15) is 107 Å². The molecule has 0 aliphatic rings. The first-order valence-electron chi connectivity index (χ1n) is 11.5. The Morgan fingerprint density at radius 3 is 2.10 bits per heavy atom.